The summed E-state index contributed by atoms with van der Waals surface area (Å²) in [5.41, 5.74) is 2.56. The smallest absolute Gasteiger partial charge is 0.317 e. The number of carbonyl (C=O) groups is 1. The Morgan fingerprint density at radius 3 is 2.44 bits per heavy atom. The number of aromatic nitrogens is 1. The zero-order valence-electron chi connectivity index (χ0n) is 15.8. The monoisotopic (exact) mass is 364 g/mol. The number of nitrogens with one attached hydrogen (secondary N) is 1. The third-order valence-electron chi connectivity index (χ3n) is 5.81. The molecule has 0 unspecified atom stereocenters. The Hall–Kier alpha value is -2.40. The second-order valence-corrected chi connectivity index (χ2v) is 7.59. The normalized spacial score (nSPS) is 19.3. The number of likely N-dealkylation sites (tertiary alicyclic amines) is 2. The first-order valence-electron chi connectivity index (χ1n) is 10.0. The lowest BCUT2D eigenvalue weighted by atomic mass is 9.93. The summed E-state index contributed by atoms with van der Waals surface area (Å²) < 4.78 is 0. The summed E-state index contributed by atoms with van der Waals surface area (Å²) in [6, 6.07) is 15.0. The number of pyridine rings is 1. The van der Waals surface area contributed by atoms with Crippen LogP contribution >= 0.6 is 0 Å². The molecular formula is C22H28N4O. The van der Waals surface area contributed by atoms with Crippen LogP contribution in [-0.4, -0.2) is 53.5 Å². The molecule has 1 atom stereocenters. The summed E-state index contributed by atoms with van der Waals surface area (Å²) in [6.45, 7) is 4.47. The second-order valence-electron chi connectivity index (χ2n) is 7.59. The molecule has 5 nitrogen and oxygen atoms in total. The number of carbonyl (C=O) groups excluding carboxylic acids is 1. The number of hydrogen-bond donors (Lipinski definition) is 1. The molecule has 2 saturated heterocycles. The van der Waals surface area contributed by atoms with E-state index in [-0.39, 0.29) is 12.1 Å². The maximum atomic E-state index is 12.6. The number of rotatable bonds is 5. The fraction of sp³-hybridized carbons (Fsp3) is 0.455. The Morgan fingerprint density at radius 2 is 1.74 bits per heavy atom. The molecule has 3 heterocycles. The Balaban J connectivity index is 1.33. The minimum absolute atomic E-state index is 0.0539. The van der Waals surface area contributed by atoms with E-state index in [2.05, 4.69) is 45.5 Å². The predicted octanol–water partition coefficient (Wildman–Crippen LogP) is 3.42. The van der Waals surface area contributed by atoms with E-state index < -0.39 is 0 Å². The summed E-state index contributed by atoms with van der Waals surface area (Å²) in [5.74, 6) is 0.436. The minimum Gasteiger partial charge on any atom is -0.336 e. The van der Waals surface area contributed by atoms with Crippen molar-refractivity contribution in [3.63, 3.8) is 0 Å². The highest BCUT2D eigenvalue weighted by molar-refractivity contribution is 5.75. The number of hydrogen-bond acceptors (Lipinski definition) is 3. The Morgan fingerprint density at radius 1 is 1.04 bits per heavy atom. The molecule has 1 aromatic carbocycles. The van der Waals surface area contributed by atoms with E-state index in [1.165, 1.54) is 30.4 Å². The molecule has 27 heavy (non-hydrogen) atoms. The van der Waals surface area contributed by atoms with Crippen LogP contribution in [-0.2, 0) is 0 Å². The Labute approximate surface area is 161 Å². The van der Waals surface area contributed by atoms with E-state index >= 15 is 0 Å². The molecule has 0 aliphatic carbocycles. The van der Waals surface area contributed by atoms with Gasteiger partial charge in [0.15, 0.2) is 0 Å². The number of nitrogens with zero attached hydrogens (tertiary/aromatic N) is 3. The van der Waals surface area contributed by atoms with E-state index in [4.69, 9.17) is 0 Å². The third kappa shape index (κ3) is 4.30. The van der Waals surface area contributed by atoms with Crippen molar-refractivity contribution in [1.29, 1.82) is 0 Å². The van der Waals surface area contributed by atoms with Crippen LogP contribution in [0, 0.1) is 0 Å². The average molecular weight is 364 g/mol. The first-order valence-corrected chi connectivity index (χ1v) is 10.0. The molecule has 0 bridgehead atoms. The van der Waals surface area contributed by atoms with Crippen molar-refractivity contribution in [3.8, 4) is 0 Å². The van der Waals surface area contributed by atoms with E-state index in [1.54, 1.807) is 0 Å². The van der Waals surface area contributed by atoms with Crippen molar-refractivity contribution in [2.75, 3.05) is 32.7 Å². The fourth-order valence-corrected chi connectivity index (χ4v) is 4.15. The molecule has 2 aromatic rings. The molecule has 5 heteroatoms. The quantitative estimate of drug-likeness (QED) is 0.884. The Kier molecular flexibility index (Phi) is 5.68. The van der Waals surface area contributed by atoms with Gasteiger partial charge in [0.1, 0.15) is 0 Å². The lowest BCUT2D eigenvalue weighted by molar-refractivity contribution is 0.137. The van der Waals surface area contributed by atoms with Crippen molar-refractivity contribution in [2.24, 2.45) is 0 Å². The van der Waals surface area contributed by atoms with E-state index in [9.17, 15) is 4.79 Å². The van der Waals surface area contributed by atoms with Crippen molar-refractivity contribution in [3.05, 3.63) is 66.0 Å². The molecule has 0 radical (unpaired) electrons. The van der Waals surface area contributed by atoms with Gasteiger partial charge in [0.2, 0.25) is 0 Å². The van der Waals surface area contributed by atoms with Crippen LogP contribution in [0.1, 0.15) is 42.3 Å². The highest BCUT2D eigenvalue weighted by Gasteiger charge is 2.32. The Bertz CT molecular complexity index is 724. The molecule has 0 saturated carbocycles. The summed E-state index contributed by atoms with van der Waals surface area (Å²) in [5, 5.41) is 3.19. The minimum atomic E-state index is 0.0539. The maximum absolute atomic E-state index is 12.6. The van der Waals surface area contributed by atoms with Gasteiger partial charge in [0.25, 0.3) is 0 Å². The van der Waals surface area contributed by atoms with Gasteiger partial charge >= 0.3 is 6.03 Å². The van der Waals surface area contributed by atoms with Crippen molar-refractivity contribution >= 4 is 6.03 Å². The van der Waals surface area contributed by atoms with Crippen LogP contribution < -0.4 is 5.32 Å². The van der Waals surface area contributed by atoms with Crippen LogP contribution in [0.3, 0.4) is 0 Å². The lowest BCUT2D eigenvalue weighted by Crippen LogP contribution is -2.53. The van der Waals surface area contributed by atoms with Gasteiger partial charge < -0.3 is 10.2 Å². The van der Waals surface area contributed by atoms with Crippen LogP contribution in [0.2, 0.25) is 0 Å². The van der Waals surface area contributed by atoms with Gasteiger partial charge in [-0.15, -0.1) is 0 Å². The molecule has 142 valence electrons. The van der Waals surface area contributed by atoms with Gasteiger partial charge in [-0.25, -0.2) is 4.79 Å². The van der Waals surface area contributed by atoms with Crippen LogP contribution in [0.15, 0.2) is 54.9 Å². The highest BCUT2D eigenvalue weighted by Crippen LogP contribution is 2.27. The van der Waals surface area contributed by atoms with E-state index in [0.717, 1.165) is 26.2 Å². The van der Waals surface area contributed by atoms with Gasteiger partial charge in [0, 0.05) is 37.9 Å². The fourth-order valence-electron chi connectivity index (χ4n) is 4.15. The van der Waals surface area contributed by atoms with Gasteiger partial charge in [0.05, 0.1) is 6.04 Å². The van der Waals surface area contributed by atoms with Crippen LogP contribution in [0.4, 0.5) is 4.79 Å². The summed E-state index contributed by atoms with van der Waals surface area (Å²) in [4.78, 5) is 21.1. The number of piperidine rings is 1. The first-order chi connectivity index (χ1) is 13.3. The SMILES string of the molecule is O=C(NC[C@@H](c1ccccc1)N1CCCCC1)N1CC(c2ccncc2)C1. The molecule has 2 amide bonds. The van der Waals surface area contributed by atoms with Crippen LogP contribution in [0.25, 0.3) is 0 Å². The standard InChI is InChI=1S/C22H28N4O/c27-22(26-16-20(17-26)18-9-11-23-12-10-18)24-15-21(19-7-3-1-4-8-19)25-13-5-2-6-14-25/h1,3-4,7-12,20-21H,2,5-6,13-17H2,(H,24,27)/t21-/m0/s1. The molecule has 1 N–H and O–H groups in total. The van der Waals surface area contributed by atoms with Gasteiger partial charge in [-0.05, 0) is 49.2 Å². The number of amides is 2. The molecular weight excluding hydrogens is 336 g/mol. The molecule has 4 rings (SSSR count). The van der Waals surface area contributed by atoms with Crippen molar-refractivity contribution in [2.45, 2.75) is 31.2 Å². The molecule has 1 aromatic heterocycles. The summed E-state index contributed by atoms with van der Waals surface area (Å²) in [7, 11) is 0. The average Bonchev–Trinajstić information content (AvgIpc) is 2.69. The molecule has 0 spiro atoms. The largest absolute Gasteiger partial charge is 0.336 e. The third-order valence-corrected chi connectivity index (χ3v) is 5.81. The van der Waals surface area contributed by atoms with Crippen molar-refractivity contribution in [1.82, 2.24) is 20.1 Å². The molecule has 2 aliphatic heterocycles. The summed E-state index contributed by atoms with van der Waals surface area (Å²) >= 11 is 0. The van der Waals surface area contributed by atoms with Gasteiger partial charge in [-0.3, -0.25) is 9.88 Å². The van der Waals surface area contributed by atoms with Gasteiger partial charge in [-0.2, -0.15) is 0 Å². The van der Waals surface area contributed by atoms with Crippen LogP contribution in [0.5, 0.6) is 0 Å². The van der Waals surface area contributed by atoms with Gasteiger partial charge in [-0.1, -0.05) is 36.8 Å². The first kappa shape index (κ1) is 18.0. The number of urea groups is 1. The van der Waals surface area contributed by atoms with Crippen molar-refractivity contribution < 1.29 is 4.79 Å². The lowest BCUT2D eigenvalue weighted by Gasteiger charge is -2.40. The van der Waals surface area contributed by atoms with E-state index in [1.807, 2.05) is 29.4 Å². The second kappa shape index (κ2) is 8.53. The zero-order chi connectivity index (χ0) is 18.5. The zero-order valence-corrected chi connectivity index (χ0v) is 15.8. The number of benzene rings is 1. The predicted molar refractivity (Wildman–Crippen MR) is 107 cm³/mol. The maximum Gasteiger partial charge on any atom is 0.317 e. The summed E-state index contributed by atoms with van der Waals surface area (Å²) in [6.07, 6.45) is 7.45. The molecule has 2 fully saturated rings. The molecule has 2 aliphatic rings. The van der Waals surface area contributed by atoms with E-state index in [0.29, 0.717) is 12.5 Å². The highest BCUT2D eigenvalue weighted by atomic mass is 16.2. The topological polar surface area (TPSA) is 48.5 Å².